The average Bonchev–Trinajstić information content (AvgIpc) is 2.80. The normalized spacial score (nSPS) is 11.7. The summed E-state index contributed by atoms with van der Waals surface area (Å²) in [5, 5.41) is 5.40. The second kappa shape index (κ2) is 26.3. The third-order valence-corrected chi connectivity index (χ3v) is 6.91. The summed E-state index contributed by atoms with van der Waals surface area (Å²) in [6.07, 6.45) is 29.3. The van der Waals surface area contributed by atoms with Crippen LogP contribution in [0.1, 0.15) is 163 Å². The molecule has 0 saturated carbocycles. The van der Waals surface area contributed by atoms with Gasteiger partial charge in [0.15, 0.2) is 0 Å². The Morgan fingerprint density at radius 3 is 1.00 bits per heavy atom. The standard InChI is InChI=1S/C31H64N2/c1-6-9-12-15-18-21-24-27-32(28-25-22-19-16-13-10-7-2)33(30-31(4)5)29-26-23-20-17-14-11-8-3/h4,6-30H2,1-3,5H3. The van der Waals surface area contributed by atoms with Gasteiger partial charge in [0.2, 0.25) is 0 Å². The second-order valence-electron chi connectivity index (χ2n) is 10.7. The van der Waals surface area contributed by atoms with Gasteiger partial charge in [0.1, 0.15) is 0 Å². The third kappa shape index (κ3) is 23.2. The summed E-state index contributed by atoms with van der Waals surface area (Å²) in [6, 6.07) is 0. The van der Waals surface area contributed by atoms with Gasteiger partial charge in [-0.15, -0.1) is 0 Å². The van der Waals surface area contributed by atoms with Crippen LogP contribution in [-0.4, -0.2) is 36.2 Å². The summed E-state index contributed by atoms with van der Waals surface area (Å²) < 4.78 is 0. The molecule has 0 atom stereocenters. The highest BCUT2D eigenvalue weighted by Gasteiger charge is 2.15. The van der Waals surface area contributed by atoms with Gasteiger partial charge < -0.3 is 0 Å². The van der Waals surface area contributed by atoms with Crippen LogP contribution in [0.25, 0.3) is 0 Å². The van der Waals surface area contributed by atoms with Gasteiger partial charge in [-0.2, -0.15) is 0 Å². The van der Waals surface area contributed by atoms with Crippen molar-refractivity contribution in [3.8, 4) is 0 Å². The zero-order valence-corrected chi connectivity index (χ0v) is 23.8. The second-order valence-corrected chi connectivity index (χ2v) is 10.7. The van der Waals surface area contributed by atoms with Gasteiger partial charge in [-0.25, -0.2) is 10.0 Å². The first-order valence-corrected chi connectivity index (χ1v) is 15.3. The van der Waals surface area contributed by atoms with E-state index < -0.39 is 0 Å². The number of rotatable bonds is 27. The molecule has 0 N–H and O–H groups in total. The fourth-order valence-corrected chi connectivity index (χ4v) is 4.78. The fraction of sp³-hybridized carbons (Fsp3) is 0.935. The van der Waals surface area contributed by atoms with Gasteiger partial charge in [-0.3, -0.25) is 0 Å². The van der Waals surface area contributed by atoms with Crippen LogP contribution in [0.3, 0.4) is 0 Å². The van der Waals surface area contributed by atoms with Crippen molar-refractivity contribution in [1.82, 2.24) is 10.0 Å². The molecule has 0 radical (unpaired) electrons. The molecule has 0 spiro atoms. The molecule has 0 aromatic rings. The molecule has 0 bridgehead atoms. The smallest absolute Gasteiger partial charge is 0.0338 e. The number of unbranched alkanes of at least 4 members (excludes halogenated alkanes) is 18. The minimum Gasteiger partial charge on any atom is -0.241 e. The van der Waals surface area contributed by atoms with Crippen LogP contribution in [-0.2, 0) is 0 Å². The van der Waals surface area contributed by atoms with Gasteiger partial charge in [-0.1, -0.05) is 148 Å². The summed E-state index contributed by atoms with van der Waals surface area (Å²) in [5.74, 6) is 0. The molecular formula is C31H64N2. The van der Waals surface area contributed by atoms with Crippen molar-refractivity contribution in [2.45, 2.75) is 163 Å². The molecule has 0 saturated heterocycles. The van der Waals surface area contributed by atoms with E-state index in [9.17, 15) is 0 Å². The van der Waals surface area contributed by atoms with Crippen LogP contribution >= 0.6 is 0 Å². The van der Waals surface area contributed by atoms with Crippen molar-refractivity contribution in [2.75, 3.05) is 26.2 Å². The maximum Gasteiger partial charge on any atom is 0.0338 e. The first-order valence-electron chi connectivity index (χ1n) is 15.3. The minimum atomic E-state index is 1.04. The zero-order valence-electron chi connectivity index (χ0n) is 23.8. The Morgan fingerprint density at radius 2 is 0.697 bits per heavy atom. The van der Waals surface area contributed by atoms with E-state index in [-0.39, 0.29) is 0 Å². The summed E-state index contributed by atoms with van der Waals surface area (Å²) in [5.41, 5.74) is 1.31. The van der Waals surface area contributed by atoms with Crippen molar-refractivity contribution in [2.24, 2.45) is 0 Å². The predicted octanol–water partition coefficient (Wildman–Crippen LogP) is 10.3. The van der Waals surface area contributed by atoms with Gasteiger partial charge in [0, 0.05) is 26.2 Å². The number of hydrogen-bond acceptors (Lipinski definition) is 2. The molecule has 0 aliphatic rings. The quantitative estimate of drug-likeness (QED) is 0.0677. The van der Waals surface area contributed by atoms with E-state index in [0.717, 1.165) is 6.54 Å². The van der Waals surface area contributed by atoms with Crippen LogP contribution in [0.5, 0.6) is 0 Å². The van der Waals surface area contributed by atoms with Crippen LogP contribution in [0.2, 0.25) is 0 Å². The average molecular weight is 465 g/mol. The number of hydrazine groups is 1. The first kappa shape index (κ1) is 32.7. The highest BCUT2D eigenvalue weighted by atomic mass is 15.6. The van der Waals surface area contributed by atoms with Gasteiger partial charge in [0.25, 0.3) is 0 Å². The van der Waals surface area contributed by atoms with E-state index in [1.807, 2.05) is 0 Å². The summed E-state index contributed by atoms with van der Waals surface area (Å²) in [7, 11) is 0. The Balaban J connectivity index is 4.50. The Morgan fingerprint density at radius 1 is 0.424 bits per heavy atom. The molecule has 33 heavy (non-hydrogen) atoms. The maximum absolute atomic E-state index is 4.26. The third-order valence-electron chi connectivity index (χ3n) is 6.91. The summed E-state index contributed by atoms with van der Waals surface area (Å²) in [6.45, 7) is 18.1. The lowest BCUT2D eigenvalue weighted by Crippen LogP contribution is -2.45. The Kier molecular flexibility index (Phi) is 26.0. The molecule has 0 unspecified atom stereocenters. The molecule has 2 nitrogen and oxygen atoms in total. The molecule has 198 valence electrons. The molecule has 0 heterocycles. The summed E-state index contributed by atoms with van der Waals surface area (Å²) >= 11 is 0. The molecule has 0 rings (SSSR count). The highest BCUT2D eigenvalue weighted by Crippen LogP contribution is 2.14. The van der Waals surface area contributed by atoms with Crippen molar-refractivity contribution in [1.29, 1.82) is 0 Å². The molecule has 0 fully saturated rings. The fourth-order valence-electron chi connectivity index (χ4n) is 4.78. The first-order chi connectivity index (χ1) is 16.2. The zero-order chi connectivity index (χ0) is 24.4. The minimum absolute atomic E-state index is 1.04. The van der Waals surface area contributed by atoms with Crippen LogP contribution in [0.4, 0.5) is 0 Å². The van der Waals surface area contributed by atoms with E-state index >= 15 is 0 Å². The Bertz CT molecular complexity index is 374. The molecule has 0 aliphatic carbocycles. The lowest BCUT2D eigenvalue weighted by Gasteiger charge is -2.36. The monoisotopic (exact) mass is 465 g/mol. The lowest BCUT2D eigenvalue weighted by atomic mass is 10.1. The lowest BCUT2D eigenvalue weighted by molar-refractivity contribution is -0.0215. The summed E-state index contributed by atoms with van der Waals surface area (Å²) in [4.78, 5) is 0. The molecule has 2 heteroatoms. The maximum atomic E-state index is 4.26. The predicted molar refractivity (Wildman–Crippen MR) is 152 cm³/mol. The molecule has 0 amide bonds. The molecule has 0 aromatic heterocycles. The van der Waals surface area contributed by atoms with Crippen molar-refractivity contribution in [3.63, 3.8) is 0 Å². The Hall–Kier alpha value is -0.340. The molecule has 0 aliphatic heterocycles. The van der Waals surface area contributed by atoms with Gasteiger partial charge in [-0.05, 0) is 26.2 Å². The topological polar surface area (TPSA) is 6.48 Å². The SMILES string of the molecule is C=C(C)CN(CCCCCCCCC)N(CCCCCCCCC)CCCCCCCCC. The van der Waals surface area contributed by atoms with E-state index in [2.05, 4.69) is 44.3 Å². The van der Waals surface area contributed by atoms with E-state index in [1.165, 1.54) is 160 Å². The van der Waals surface area contributed by atoms with Crippen molar-refractivity contribution < 1.29 is 0 Å². The van der Waals surface area contributed by atoms with Crippen LogP contribution < -0.4 is 0 Å². The van der Waals surface area contributed by atoms with E-state index in [1.54, 1.807) is 0 Å². The van der Waals surface area contributed by atoms with E-state index in [4.69, 9.17) is 0 Å². The van der Waals surface area contributed by atoms with Gasteiger partial charge >= 0.3 is 0 Å². The number of nitrogens with zero attached hydrogens (tertiary/aromatic N) is 2. The molecular weight excluding hydrogens is 400 g/mol. The number of hydrogen-bond donors (Lipinski definition) is 0. The largest absolute Gasteiger partial charge is 0.241 e. The van der Waals surface area contributed by atoms with Crippen LogP contribution in [0.15, 0.2) is 12.2 Å². The van der Waals surface area contributed by atoms with Crippen molar-refractivity contribution in [3.05, 3.63) is 12.2 Å². The van der Waals surface area contributed by atoms with Gasteiger partial charge in [0.05, 0.1) is 0 Å². The molecule has 0 aromatic carbocycles. The highest BCUT2D eigenvalue weighted by molar-refractivity contribution is 4.91. The van der Waals surface area contributed by atoms with Crippen molar-refractivity contribution >= 4 is 0 Å². The van der Waals surface area contributed by atoms with E-state index in [0.29, 0.717) is 0 Å². The Labute approximate surface area is 210 Å². The van der Waals surface area contributed by atoms with Crippen LogP contribution in [0, 0.1) is 0 Å².